The minimum Gasteiger partial charge on any atom is -0.482 e. The summed E-state index contributed by atoms with van der Waals surface area (Å²) in [6.45, 7) is 1.11. The Labute approximate surface area is 201 Å². The molecule has 2 rings (SSSR count). The maximum absolute atomic E-state index is 12.9. The standard InChI is InChI=1S/C23H24ClN5O5/c1-2-14(5-3-4-6-19(25)26)22(32)28-18-9-8-16(34-13-21(30)31)11-17(18)23(33)29-20-10-7-15(24)12-27-20/h2-4,7-12H,5-6,13H2,1H3,(H3,25,26)(H,28,32)(H,30,31)(H,27,29,33)/b4-3-,14-2+. The third-order valence-corrected chi connectivity index (χ3v) is 4.52. The van der Waals surface area contributed by atoms with Gasteiger partial charge in [0.1, 0.15) is 11.6 Å². The number of allylic oxidation sites excluding steroid dienone is 2. The van der Waals surface area contributed by atoms with Crippen LogP contribution in [0.1, 0.15) is 30.1 Å². The number of ether oxygens (including phenoxy) is 1. The summed E-state index contributed by atoms with van der Waals surface area (Å²) in [7, 11) is 0. The van der Waals surface area contributed by atoms with Crippen LogP contribution in [0.15, 0.2) is 60.3 Å². The van der Waals surface area contributed by atoms with Crippen LogP contribution >= 0.6 is 11.6 Å². The molecule has 1 heterocycles. The van der Waals surface area contributed by atoms with Gasteiger partial charge in [-0.05, 0) is 43.7 Å². The van der Waals surface area contributed by atoms with Gasteiger partial charge >= 0.3 is 5.97 Å². The quantitative estimate of drug-likeness (QED) is 0.140. The molecule has 1 aromatic heterocycles. The highest BCUT2D eigenvalue weighted by atomic mass is 35.5. The van der Waals surface area contributed by atoms with Gasteiger partial charge in [0.15, 0.2) is 6.61 Å². The van der Waals surface area contributed by atoms with Crippen LogP contribution in [0.3, 0.4) is 0 Å². The molecule has 0 saturated carbocycles. The third kappa shape index (κ3) is 8.40. The number of amidine groups is 1. The second kappa shape index (κ2) is 12.8. The Kier molecular flexibility index (Phi) is 9.78. The average molecular weight is 486 g/mol. The maximum atomic E-state index is 12.9. The number of hydrogen-bond donors (Lipinski definition) is 5. The first-order chi connectivity index (χ1) is 16.2. The number of nitrogens with one attached hydrogen (secondary N) is 3. The van der Waals surface area contributed by atoms with Gasteiger partial charge in [0, 0.05) is 18.2 Å². The Morgan fingerprint density at radius 1 is 1.18 bits per heavy atom. The van der Waals surface area contributed by atoms with Gasteiger partial charge in [0.05, 0.1) is 22.1 Å². The first kappa shape index (κ1) is 26.1. The highest BCUT2D eigenvalue weighted by Crippen LogP contribution is 2.24. The zero-order valence-corrected chi connectivity index (χ0v) is 19.1. The number of carboxylic acid groups (broad SMARTS) is 1. The lowest BCUT2D eigenvalue weighted by atomic mass is 10.1. The van der Waals surface area contributed by atoms with Crippen LogP contribution in [0, 0.1) is 5.41 Å². The summed E-state index contributed by atoms with van der Waals surface area (Å²) in [6, 6.07) is 7.27. The van der Waals surface area contributed by atoms with E-state index in [9.17, 15) is 14.4 Å². The normalized spacial score (nSPS) is 11.2. The van der Waals surface area contributed by atoms with Gasteiger partial charge in [-0.15, -0.1) is 0 Å². The molecule has 0 spiro atoms. The van der Waals surface area contributed by atoms with Gasteiger partial charge in [0.2, 0.25) is 0 Å². The predicted octanol–water partition coefficient (Wildman–Crippen LogP) is 3.61. The minimum atomic E-state index is -1.18. The van der Waals surface area contributed by atoms with E-state index in [-0.39, 0.29) is 35.1 Å². The van der Waals surface area contributed by atoms with E-state index in [1.165, 1.54) is 30.5 Å². The van der Waals surface area contributed by atoms with Gasteiger partial charge in [0.25, 0.3) is 11.8 Å². The van der Waals surface area contributed by atoms with E-state index in [1.807, 2.05) is 0 Å². The van der Waals surface area contributed by atoms with Crippen molar-refractivity contribution in [3.63, 3.8) is 0 Å². The van der Waals surface area contributed by atoms with Crippen LogP contribution in [0.25, 0.3) is 0 Å². The zero-order chi connectivity index (χ0) is 25.1. The van der Waals surface area contributed by atoms with E-state index in [0.717, 1.165) is 0 Å². The Bertz CT molecular complexity index is 1130. The number of pyridine rings is 1. The Hall–Kier alpha value is -4.18. The van der Waals surface area contributed by atoms with E-state index < -0.39 is 24.4 Å². The summed E-state index contributed by atoms with van der Waals surface area (Å²) in [4.78, 5) is 40.6. The highest BCUT2D eigenvalue weighted by Gasteiger charge is 2.17. The lowest BCUT2D eigenvalue weighted by Crippen LogP contribution is -2.20. The number of hydrogen-bond acceptors (Lipinski definition) is 6. The smallest absolute Gasteiger partial charge is 0.341 e. The van der Waals surface area contributed by atoms with Crippen molar-refractivity contribution in [1.29, 1.82) is 5.41 Å². The van der Waals surface area contributed by atoms with Crippen molar-refractivity contribution in [3.8, 4) is 5.75 Å². The molecule has 0 radical (unpaired) electrons. The summed E-state index contributed by atoms with van der Waals surface area (Å²) in [5, 5.41) is 21.8. The Morgan fingerprint density at radius 2 is 1.91 bits per heavy atom. The Morgan fingerprint density at radius 3 is 2.53 bits per heavy atom. The van der Waals surface area contributed by atoms with Crippen molar-refractivity contribution in [2.45, 2.75) is 19.8 Å². The van der Waals surface area contributed by atoms with E-state index in [0.29, 0.717) is 17.0 Å². The number of halogens is 1. The average Bonchev–Trinajstić information content (AvgIpc) is 2.79. The van der Waals surface area contributed by atoms with Crippen molar-refractivity contribution in [2.24, 2.45) is 5.73 Å². The van der Waals surface area contributed by atoms with E-state index in [1.54, 1.807) is 31.2 Å². The Balaban J connectivity index is 2.26. The molecule has 2 amide bonds. The highest BCUT2D eigenvalue weighted by molar-refractivity contribution is 6.30. The molecule has 1 aromatic carbocycles. The number of amides is 2. The molecule has 10 nitrogen and oxygen atoms in total. The van der Waals surface area contributed by atoms with Crippen LogP contribution in [-0.4, -0.2) is 40.3 Å². The number of carboxylic acids is 1. The molecule has 34 heavy (non-hydrogen) atoms. The van der Waals surface area contributed by atoms with Crippen molar-refractivity contribution in [2.75, 3.05) is 17.2 Å². The molecule has 0 bridgehead atoms. The molecule has 0 aliphatic heterocycles. The van der Waals surface area contributed by atoms with Crippen LogP contribution in [-0.2, 0) is 9.59 Å². The third-order valence-electron chi connectivity index (χ3n) is 4.30. The topological polar surface area (TPSA) is 167 Å². The largest absolute Gasteiger partial charge is 0.482 e. The van der Waals surface area contributed by atoms with Crippen molar-refractivity contribution in [3.05, 3.63) is 70.9 Å². The summed E-state index contributed by atoms with van der Waals surface area (Å²) < 4.78 is 5.16. The molecule has 0 unspecified atom stereocenters. The zero-order valence-electron chi connectivity index (χ0n) is 18.3. The molecule has 0 aliphatic carbocycles. The lowest BCUT2D eigenvalue weighted by Gasteiger charge is -2.14. The van der Waals surface area contributed by atoms with Crippen LogP contribution < -0.4 is 21.1 Å². The fraction of sp³-hybridized carbons (Fsp3) is 0.174. The van der Waals surface area contributed by atoms with Crippen molar-refractivity contribution in [1.82, 2.24) is 4.98 Å². The van der Waals surface area contributed by atoms with Crippen LogP contribution in [0.2, 0.25) is 5.02 Å². The predicted molar refractivity (Wildman–Crippen MR) is 129 cm³/mol. The molecule has 0 aliphatic rings. The van der Waals surface area contributed by atoms with Crippen molar-refractivity contribution >= 4 is 46.7 Å². The minimum absolute atomic E-state index is 0.0127. The van der Waals surface area contributed by atoms with Gasteiger partial charge in [-0.2, -0.15) is 0 Å². The second-order valence-corrected chi connectivity index (χ2v) is 7.31. The van der Waals surface area contributed by atoms with Crippen LogP contribution in [0.5, 0.6) is 5.75 Å². The number of aromatic nitrogens is 1. The number of nitrogens with two attached hydrogens (primary N) is 1. The summed E-state index contributed by atoms with van der Waals surface area (Å²) >= 11 is 5.82. The maximum Gasteiger partial charge on any atom is 0.341 e. The molecule has 6 N–H and O–H groups in total. The molecule has 11 heteroatoms. The van der Waals surface area contributed by atoms with Crippen molar-refractivity contribution < 1.29 is 24.2 Å². The number of aliphatic carboxylic acids is 1. The molecule has 178 valence electrons. The van der Waals surface area contributed by atoms with Crippen LogP contribution in [0.4, 0.5) is 11.5 Å². The molecular formula is C23H24ClN5O5. The second-order valence-electron chi connectivity index (χ2n) is 6.88. The van der Waals surface area contributed by atoms with Gasteiger partial charge in [-0.25, -0.2) is 9.78 Å². The summed E-state index contributed by atoms with van der Waals surface area (Å²) in [6.07, 6.45) is 6.98. The number of nitrogens with zero attached hydrogens (tertiary/aromatic N) is 1. The fourth-order valence-electron chi connectivity index (χ4n) is 2.65. The number of carbonyl (C=O) groups is 3. The van der Waals surface area contributed by atoms with Gasteiger partial charge in [-0.3, -0.25) is 15.0 Å². The van der Waals surface area contributed by atoms with E-state index in [4.69, 9.17) is 32.6 Å². The fourth-order valence-corrected chi connectivity index (χ4v) is 2.77. The first-order valence-corrected chi connectivity index (χ1v) is 10.4. The summed E-state index contributed by atoms with van der Waals surface area (Å²) in [5.74, 6) is -1.84. The monoisotopic (exact) mass is 485 g/mol. The first-order valence-electron chi connectivity index (χ1n) is 10.1. The summed E-state index contributed by atoms with van der Waals surface area (Å²) in [5.41, 5.74) is 5.96. The van der Waals surface area contributed by atoms with Gasteiger partial charge in [-0.1, -0.05) is 29.8 Å². The lowest BCUT2D eigenvalue weighted by molar-refractivity contribution is -0.139. The number of anilines is 2. The molecule has 2 aromatic rings. The molecular weight excluding hydrogens is 462 g/mol. The SMILES string of the molecule is C/C=C(\C/C=C\CC(=N)N)C(=O)Nc1ccc(OCC(=O)O)cc1C(=O)Nc1ccc(Cl)cn1. The van der Waals surface area contributed by atoms with Gasteiger partial charge < -0.3 is 26.2 Å². The molecule has 0 fully saturated rings. The number of carbonyl (C=O) groups excluding carboxylic acids is 2. The number of benzene rings is 1. The van der Waals surface area contributed by atoms with E-state index in [2.05, 4.69) is 15.6 Å². The molecule has 0 saturated heterocycles. The van der Waals surface area contributed by atoms with E-state index >= 15 is 0 Å². The number of rotatable bonds is 11. The molecule has 0 atom stereocenters.